The molecule has 142 valence electrons. The Kier molecular flexibility index (Phi) is 5.81. The highest BCUT2D eigenvalue weighted by Crippen LogP contribution is 2.43. The van der Waals surface area contributed by atoms with E-state index in [-0.39, 0.29) is 17.5 Å². The Morgan fingerprint density at radius 3 is 2.15 bits per heavy atom. The molecule has 0 aromatic heterocycles. The van der Waals surface area contributed by atoms with E-state index in [0.717, 1.165) is 55.0 Å². The summed E-state index contributed by atoms with van der Waals surface area (Å²) >= 11 is 0. The molecule has 1 aliphatic heterocycles. The van der Waals surface area contributed by atoms with Crippen LogP contribution in [0.4, 0.5) is 17.1 Å². The van der Waals surface area contributed by atoms with E-state index in [4.69, 9.17) is 0 Å². The van der Waals surface area contributed by atoms with Gasteiger partial charge in [0, 0.05) is 56.1 Å². The van der Waals surface area contributed by atoms with Gasteiger partial charge in [-0.25, -0.2) is 0 Å². The molecule has 6 nitrogen and oxygen atoms in total. The van der Waals surface area contributed by atoms with Gasteiger partial charge in [-0.3, -0.25) is 9.59 Å². The summed E-state index contributed by atoms with van der Waals surface area (Å²) in [5.41, 5.74) is 3.38. The highest BCUT2D eigenvalue weighted by molar-refractivity contribution is 6.16. The van der Waals surface area contributed by atoms with Crippen LogP contribution < -0.4 is 21.3 Å². The number of hydrogen-bond acceptors (Lipinski definition) is 6. The molecule has 1 saturated carbocycles. The van der Waals surface area contributed by atoms with Gasteiger partial charge in [0.2, 0.25) is 0 Å². The van der Waals surface area contributed by atoms with Crippen LogP contribution in [0.2, 0.25) is 0 Å². The maximum absolute atomic E-state index is 13.2. The van der Waals surface area contributed by atoms with Crippen molar-refractivity contribution in [1.29, 1.82) is 0 Å². The lowest BCUT2D eigenvalue weighted by molar-refractivity contribution is -0.125. The summed E-state index contributed by atoms with van der Waals surface area (Å²) in [6, 6.07) is 3.91. The summed E-state index contributed by atoms with van der Waals surface area (Å²) in [5, 5.41) is 12.8. The third kappa shape index (κ3) is 3.56. The van der Waals surface area contributed by atoms with Crippen molar-refractivity contribution in [3.8, 4) is 0 Å². The number of piperidine rings is 1. The molecule has 1 aromatic carbocycles. The minimum Gasteiger partial charge on any atom is -0.388 e. The fourth-order valence-electron chi connectivity index (χ4n) is 4.40. The van der Waals surface area contributed by atoms with Gasteiger partial charge in [-0.1, -0.05) is 0 Å². The largest absolute Gasteiger partial charge is 0.388 e. The van der Waals surface area contributed by atoms with Crippen molar-refractivity contribution < 1.29 is 9.59 Å². The lowest BCUT2D eigenvalue weighted by Gasteiger charge is -2.25. The van der Waals surface area contributed by atoms with Gasteiger partial charge in [0.05, 0.1) is 0 Å². The summed E-state index contributed by atoms with van der Waals surface area (Å²) in [4.78, 5) is 26.0. The van der Waals surface area contributed by atoms with Gasteiger partial charge >= 0.3 is 0 Å². The molecule has 3 rings (SSSR count). The number of Topliss-reactive ketones (excluding diaryl/α,β-unsaturated/α-hetero) is 2. The quantitative estimate of drug-likeness (QED) is 0.585. The fourth-order valence-corrected chi connectivity index (χ4v) is 4.40. The van der Waals surface area contributed by atoms with E-state index >= 15 is 0 Å². The van der Waals surface area contributed by atoms with Crippen LogP contribution in [0.15, 0.2) is 12.1 Å². The van der Waals surface area contributed by atoms with Gasteiger partial charge in [-0.05, 0) is 50.4 Å². The van der Waals surface area contributed by atoms with Gasteiger partial charge in [-0.15, -0.1) is 0 Å². The standard InChI is InChI=1S/C20H30N4O2/c1-21-14-10-15(22-2)18(16(11-14)23-3)19-17(25)9-13(20(19)26)8-12-4-6-24-7-5-12/h10-13,19,21-24H,4-9H2,1-3H3. The van der Waals surface area contributed by atoms with Crippen molar-refractivity contribution in [2.75, 3.05) is 50.2 Å². The fraction of sp³-hybridized carbons (Fsp3) is 0.600. The third-order valence-corrected chi connectivity index (χ3v) is 5.83. The predicted octanol–water partition coefficient (Wildman–Crippen LogP) is 2.44. The van der Waals surface area contributed by atoms with E-state index in [1.165, 1.54) is 0 Å². The number of hydrogen-bond donors (Lipinski definition) is 4. The van der Waals surface area contributed by atoms with Crippen molar-refractivity contribution in [3.63, 3.8) is 0 Å². The Labute approximate surface area is 155 Å². The molecule has 26 heavy (non-hydrogen) atoms. The molecule has 0 bridgehead atoms. The predicted molar refractivity (Wildman–Crippen MR) is 106 cm³/mol. The zero-order chi connectivity index (χ0) is 18.7. The van der Waals surface area contributed by atoms with Crippen LogP contribution in [0.1, 0.15) is 37.2 Å². The maximum atomic E-state index is 13.2. The molecule has 1 saturated heterocycles. The summed E-state index contributed by atoms with van der Waals surface area (Å²) in [6.07, 6.45) is 3.43. The summed E-state index contributed by atoms with van der Waals surface area (Å²) in [7, 11) is 5.51. The zero-order valence-electron chi connectivity index (χ0n) is 15.9. The average molecular weight is 358 g/mol. The van der Waals surface area contributed by atoms with Crippen molar-refractivity contribution in [2.45, 2.75) is 31.6 Å². The third-order valence-electron chi connectivity index (χ3n) is 5.83. The molecule has 0 radical (unpaired) electrons. The molecule has 2 atom stereocenters. The summed E-state index contributed by atoms with van der Waals surface area (Å²) in [6.45, 7) is 2.03. The number of benzene rings is 1. The van der Waals surface area contributed by atoms with Crippen LogP contribution in [0.25, 0.3) is 0 Å². The number of carbonyl (C=O) groups is 2. The van der Waals surface area contributed by atoms with Gasteiger partial charge in [0.15, 0.2) is 5.78 Å². The molecule has 1 aromatic rings. The second kappa shape index (κ2) is 8.08. The first-order chi connectivity index (χ1) is 12.6. The van der Waals surface area contributed by atoms with Crippen molar-refractivity contribution >= 4 is 28.6 Å². The van der Waals surface area contributed by atoms with Crippen molar-refractivity contribution in [1.82, 2.24) is 5.32 Å². The highest BCUT2D eigenvalue weighted by Gasteiger charge is 2.44. The second-order valence-corrected chi connectivity index (χ2v) is 7.37. The average Bonchev–Trinajstić information content (AvgIpc) is 2.94. The van der Waals surface area contributed by atoms with Gasteiger partial charge in [-0.2, -0.15) is 0 Å². The lowest BCUT2D eigenvalue weighted by Crippen LogP contribution is -2.29. The molecule has 0 spiro atoms. The normalized spacial score (nSPS) is 24.0. The van der Waals surface area contributed by atoms with E-state index in [1.807, 2.05) is 33.3 Å². The number of nitrogens with one attached hydrogen (secondary N) is 4. The molecular formula is C20H30N4O2. The van der Waals surface area contributed by atoms with E-state index in [2.05, 4.69) is 21.3 Å². The number of anilines is 3. The molecular weight excluding hydrogens is 328 g/mol. The minimum atomic E-state index is -0.655. The number of rotatable bonds is 6. The Hall–Kier alpha value is -2.08. The van der Waals surface area contributed by atoms with Crippen molar-refractivity contribution in [3.05, 3.63) is 17.7 Å². The monoisotopic (exact) mass is 358 g/mol. The summed E-state index contributed by atoms with van der Waals surface area (Å²) in [5.74, 6) is -0.0830. The summed E-state index contributed by atoms with van der Waals surface area (Å²) < 4.78 is 0. The number of carbonyl (C=O) groups excluding carboxylic acids is 2. The second-order valence-electron chi connectivity index (χ2n) is 7.37. The van der Waals surface area contributed by atoms with Crippen LogP contribution in [0.3, 0.4) is 0 Å². The molecule has 1 aliphatic carbocycles. The SMILES string of the molecule is CNc1cc(NC)c(C2C(=O)CC(CC3CCNCC3)C2=O)c(NC)c1. The van der Waals surface area contributed by atoms with Gasteiger partial charge in [0.25, 0.3) is 0 Å². The van der Waals surface area contributed by atoms with Gasteiger partial charge in [0.1, 0.15) is 11.7 Å². The Morgan fingerprint density at radius 2 is 1.62 bits per heavy atom. The molecule has 1 heterocycles. The molecule has 4 N–H and O–H groups in total. The first-order valence-corrected chi connectivity index (χ1v) is 9.57. The Bertz CT molecular complexity index is 657. The van der Waals surface area contributed by atoms with Crippen LogP contribution in [0.5, 0.6) is 0 Å². The van der Waals surface area contributed by atoms with Crippen molar-refractivity contribution in [2.24, 2.45) is 11.8 Å². The van der Waals surface area contributed by atoms with Crippen LogP contribution in [-0.2, 0) is 9.59 Å². The molecule has 2 unspecified atom stereocenters. The van der Waals surface area contributed by atoms with E-state index in [9.17, 15) is 9.59 Å². The topological polar surface area (TPSA) is 82.3 Å². The molecule has 0 amide bonds. The molecule has 2 fully saturated rings. The van der Waals surface area contributed by atoms with E-state index in [0.29, 0.717) is 12.3 Å². The van der Waals surface area contributed by atoms with E-state index < -0.39 is 5.92 Å². The van der Waals surface area contributed by atoms with Crippen LogP contribution in [0, 0.1) is 11.8 Å². The van der Waals surface area contributed by atoms with Crippen LogP contribution in [-0.4, -0.2) is 45.8 Å². The van der Waals surface area contributed by atoms with Gasteiger partial charge < -0.3 is 21.3 Å². The Balaban J connectivity index is 1.88. The van der Waals surface area contributed by atoms with E-state index in [1.54, 1.807) is 0 Å². The highest BCUT2D eigenvalue weighted by atomic mass is 16.2. The molecule has 2 aliphatic rings. The Morgan fingerprint density at radius 1 is 1.00 bits per heavy atom. The smallest absolute Gasteiger partial charge is 0.151 e. The first-order valence-electron chi connectivity index (χ1n) is 9.57. The first kappa shape index (κ1) is 18.7. The maximum Gasteiger partial charge on any atom is 0.151 e. The molecule has 6 heteroatoms. The number of ketones is 2. The minimum absolute atomic E-state index is 0.0548. The lowest BCUT2D eigenvalue weighted by atomic mass is 9.85. The zero-order valence-corrected chi connectivity index (χ0v) is 15.9. The van der Waals surface area contributed by atoms with Crippen LogP contribution >= 0.6 is 0 Å².